The lowest BCUT2D eigenvalue weighted by atomic mass is 10.1. The first-order valence-electron chi connectivity index (χ1n) is 6.32. The predicted molar refractivity (Wildman–Crippen MR) is 76.8 cm³/mol. The Morgan fingerprint density at radius 1 is 1.43 bits per heavy atom. The molecule has 1 rings (SSSR count). The van der Waals surface area contributed by atoms with E-state index in [2.05, 4.69) is 5.32 Å². The van der Waals surface area contributed by atoms with Crippen molar-refractivity contribution in [2.24, 2.45) is 0 Å². The molecule has 1 aromatic carbocycles. The molecule has 1 aromatic rings. The van der Waals surface area contributed by atoms with Crippen LogP contribution < -0.4 is 5.32 Å². The van der Waals surface area contributed by atoms with Gasteiger partial charge in [-0.3, -0.25) is 14.9 Å². The van der Waals surface area contributed by atoms with Crippen molar-refractivity contribution in [3.8, 4) is 0 Å². The van der Waals surface area contributed by atoms with Crippen LogP contribution in [-0.4, -0.2) is 30.0 Å². The van der Waals surface area contributed by atoms with Gasteiger partial charge in [-0.25, -0.2) is 4.79 Å². The first-order chi connectivity index (χ1) is 9.95. The van der Waals surface area contributed by atoms with Crippen molar-refractivity contribution in [2.45, 2.75) is 13.8 Å². The van der Waals surface area contributed by atoms with Crippen LogP contribution in [0.3, 0.4) is 0 Å². The van der Waals surface area contributed by atoms with E-state index in [1.807, 2.05) is 0 Å². The van der Waals surface area contributed by atoms with E-state index >= 15 is 0 Å². The molecule has 0 aliphatic heterocycles. The van der Waals surface area contributed by atoms with Crippen molar-refractivity contribution >= 4 is 23.6 Å². The fourth-order valence-corrected chi connectivity index (χ4v) is 1.57. The molecule has 0 spiro atoms. The molecule has 0 atom stereocenters. The number of nitro groups is 1. The molecule has 0 saturated carbocycles. The Morgan fingerprint density at radius 3 is 2.71 bits per heavy atom. The van der Waals surface area contributed by atoms with Crippen LogP contribution >= 0.6 is 0 Å². The first-order valence-corrected chi connectivity index (χ1v) is 6.32. The summed E-state index contributed by atoms with van der Waals surface area (Å²) in [6.45, 7) is 3.51. The molecule has 0 bridgehead atoms. The van der Waals surface area contributed by atoms with Crippen LogP contribution in [0, 0.1) is 10.1 Å². The third-order valence-corrected chi connectivity index (χ3v) is 2.50. The maximum absolute atomic E-state index is 11.6. The number of nitro benzene ring substituents is 1. The summed E-state index contributed by atoms with van der Waals surface area (Å²) >= 11 is 0. The topological polar surface area (TPSA) is 98.5 Å². The van der Waals surface area contributed by atoms with E-state index in [1.54, 1.807) is 13.0 Å². The Kier molecular flexibility index (Phi) is 6.06. The molecular formula is C14H16N2O5. The number of nitrogens with one attached hydrogen (secondary N) is 1. The van der Waals surface area contributed by atoms with Crippen LogP contribution in [0.4, 0.5) is 5.69 Å². The van der Waals surface area contributed by atoms with Gasteiger partial charge in [-0.2, -0.15) is 0 Å². The number of carbonyl (C=O) groups is 2. The molecule has 0 aliphatic rings. The van der Waals surface area contributed by atoms with Gasteiger partial charge in [0.1, 0.15) is 0 Å². The second-order valence-electron chi connectivity index (χ2n) is 4.09. The zero-order valence-corrected chi connectivity index (χ0v) is 11.8. The molecule has 7 heteroatoms. The molecular weight excluding hydrogens is 276 g/mol. The van der Waals surface area contributed by atoms with Crippen molar-refractivity contribution in [1.82, 2.24) is 5.32 Å². The minimum Gasteiger partial charge on any atom is -0.462 e. The Morgan fingerprint density at radius 2 is 2.14 bits per heavy atom. The highest BCUT2D eigenvalue weighted by Gasteiger charge is 2.16. The molecule has 1 N–H and O–H groups in total. The van der Waals surface area contributed by atoms with E-state index in [1.165, 1.54) is 31.2 Å². The average Bonchev–Trinajstić information content (AvgIpc) is 2.43. The minimum absolute atomic E-state index is 0.127. The van der Waals surface area contributed by atoms with E-state index < -0.39 is 10.9 Å². The highest BCUT2D eigenvalue weighted by Crippen LogP contribution is 2.22. The number of carbonyl (C=O) groups excluding carboxylic acids is 2. The van der Waals surface area contributed by atoms with Gasteiger partial charge >= 0.3 is 5.97 Å². The fourth-order valence-electron chi connectivity index (χ4n) is 1.57. The number of hydrogen-bond donors (Lipinski definition) is 1. The largest absolute Gasteiger partial charge is 0.462 e. The van der Waals surface area contributed by atoms with Gasteiger partial charge in [0.25, 0.3) is 5.69 Å². The summed E-state index contributed by atoms with van der Waals surface area (Å²) in [6.07, 6.45) is 3.11. The molecule has 0 fully saturated rings. The van der Waals surface area contributed by atoms with Crippen molar-refractivity contribution in [2.75, 3.05) is 13.2 Å². The Balaban J connectivity index is 2.97. The second kappa shape index (κ2) is 7.78. The number of benzene rings is 1. The lowest BCUT2D eigenvalue weighted by molar-refractivity contribution is -0.385. The highest BCUT2D eigenvalue weighted by molar-refractivity contribution is 5.90. The molecule has 0 aliphatic carbocycles. The average molecular weight is 292 g/mol. The second-order valence-corrected chi connectivity index (χ2v) is 4.09. The summed E-state index contributed by atoms with van der Waals surface area (Å²) in [6, 6.07) is 4.10. The van der Waals surface area contributed by atoms with Gasteiger partial charge in [0.15, 0.2) is 0 Å². The van der Waals surface area contributed by atoms with E-state index in [-0.39, 0.29) is 30.3 Å². The molecule has 0 aromatic heterocycles. The number of rotatable bonds is 6. The maximum Gasteiger partial charge on any atom is 0.338 e. The number of ether oxygens (including phenoxy) is 1. The summed E-state index contributed by atoms with van der Waals surface area (Å²) in [5, 5.41) is 13.6. The SMILES string of the molecule is CCOC(=O)c1ccc(C=CCNC(C)=O)c([N+](=O)[O-])c1. The van der Waals surface area contributed by atoms with Crippen LogP contribution in [-0.2, 0) is 9.53 Å². The van der Waals surface area contributed by atoms with E-state index in [0.717, 1.165) is 0 Å². The molecule has 21 heavy (non-hydrogen) atoms. The van der Waals surface area contributed by atoms with Gasteiger partial charge in [0, 0.05) is 19.5 Å². The smallest absolute Gasteiger partial charge is 0.338 e. The number of nitrogens with zero attached hydrogens (tertiary/aromatic N) is 1. The van der Waals surface area contributed by atoms with Gasteiger partial charge in [-0.05, 0) is 19.1 Å². The van der Waals surface area contributed by atoms with Crippen molar-refractivity contribution in [3.63, 3.8) is 0 Å². The predicted octanol–water partition coefficient (Wildman–Crippen LogP) is 1.92. The quantitative estimate of drug-likeness (QED) is 0.490. The van der Waals surface area contributed by atoms with E-state index in [4.69, 9.17) is 4.74 Å². The van der Waals surface area contributed by atoms with Crippen LogP contribution in [0.5, 0.6) is 0 Å². The monoisotopic (exact) mass is 292 g/mol. The minimum atomic E-state index is -0.602. The standard InChI is InChI=1S/C14H16N2O5/c1-3-21-14(18)12-7-6-11(13(9-12)16(19)20)5-4-8-15-10(2)17/h4-7,9H,3,8H2,1-2H3,(H,15,17). The first kappa shape index (κ1) is 16.4. The van der Waals surface area contributed by atoms with E-state index in [9.17, 15) is 19.7 Å². The van der Waals surface area contributed by atoms with Gasteiger partial charge < -0.3 is 10.1 Å². The zero-order chi connectivity index (χ0) is 15.8. The number of amides is 1. The molecule has 0 unspecified atom stereocenters. The molecule has 0 heterocycles. The van der Waals surface area contributed by atoms with Gasteiger partial charge in [-0.15, -0.1) is 0 Å². The van der Waals surface area contributed by atoms with Crippen LogP contribution in [0.2, 0.25) is 0 Å². The zero-order valence-electron chi connectivity index (χ0n) is 11.8. The third kappa shape index (κ3) is 5.06. The van der Waals surface area contributed by atoms with Crippen LogP contribution in [0.1, 0.15) is 29.8 Å². The number of hydrogen-bond acceptors (Lipinski definition) is 5. The van der Waals surface area contributed by atoms with Crippen molar-refractivity contribution in [3.05, 3.63) is 45.5 Å². The molecule has 112 valence electrons. The van der Waals surface area contributed by atoms with Gasteiger partial charge in [-0.1, -0.05) is 12.2 Å². The fraction of sp³-hybridized carbons (Fsp3) is 0.286. The summed E-state index contributed by atoms with van der Waals surface area (Å²) in [5.74, 6) is -0.791. The number of esters is 1. The van der Waals surface area contributed by atoms with Crippen LogP contribution in [0.25, 0.3) is 6.08 Å². The summed E-state index contributed by atoms with van der Waals surface area (Å²) in [7, 11) is 0. The van der Waals surface area contributed by atoms with E-state index in [0.29, 0.717) is 5.56 Å². The molecule has 1 amide bonds. The summed E-state index contributed by atoms with van der Waals surface area (Å²) in [4.78, 5) is 32.7. The normalized spacial score (nSPS) is 10.4. The van der Waals surface area contributed by atoms with Crippen LogP contribution in [0.15, 0.2) is 24.3 Å². The Bertz CT molecular complexity index is 581. The van der Waals surface area contributed by atoms with Gasteiger partial charge in [0.05, 0.1) is 22.7 Å². The summed E-state index contributed by atoms with van der Waals surface area (Å²) in [5.41, 5.74) is 0.278. The van der Waals surface area contributed by atoms with Crippen molar-refractivity contribution < 1.29 is 19.2 Å². The summed E-state index contributed by atoms with van der Waals surface area (Å²) < 4.78 is 4.80. The molecule has 0 radical (unpaired) electrons. The lowest BCUT2D eigenvalue weighted by Gasteiger charge is -2.03. The highest BCUT2D eigenvalue weighted by atomic mass is 16.6. The maximum atomic E-state index is 11.6. The van der Waals surface area contributed by atoms with Gasteiger partial charge in [0.2, 0.25) is 5.91 Å². The molecule has 0 saturated heterocycles. The van der Waals surface area contributed by atoms with Crippen molar-refractivity contribution in [1.29, 1.82) is 0 Å². The Hall–Kier alpha value is -2.70. The lowest BCUT2D eigenvalue weighted by Crippen LogP contribution is -2.19. The Labute approximate surface area is 121 Å². The third-order valence-electron chi connectivity index (χ3n) is 2.50. The molecule has 7 nitrogen and oxygen atoms in total.